The van der Waals surface area contributed by atoms with Crippen LogP contribution in [0, 0.1) is 11.8 Å². The molecule has 90 valence electrons. The Balaban J connectivity index is 2.67. The zero-order valence-corrected chi connectivity index (χ0v) is 10.6. The third kappa shape index (κ3) is 3.53. The van der Waals surface area contributed by atoms with E-state index in [-0.39, 0.29) is 12.0 Å². The van der Waals surface area contributed by atoms with Gasteiger partial charge in [0.1, 0.15) is 5.75 Å². The lowest BCUT2D eigenvalue weighted by atomic mass is 9.90. The second kappa shape index (κ2) is 5.90. The number of benzene rings is 1. The van der Waals surface area contributed by atoms with Crippen LogP contribution in [0.2, 0.25) is 0 Å². The number of methoxy groups -OCH3 is 1. The largest absolute Gasteiger partial charge is 0.497 e. The van der Waals surface area contributed by atoms with Crippen LogP contribution in [-0.4, -0.2) is 12.2 Å². The highest BCUT2D eigenvalue weighted by Gasteiger charge is 2.17. The molecule has 1 aromatic carbocycles. The van der Waals surface area contributed by atoms with Gasteiger partial charge in [-0.2, -0.15) is 0 Å². The standard InChI is InChI=1S/C14H22O2/c1-10(2)9-11(3)14(15)12-5-7-13(16-4)8-6-12/h5-8,10-11,14-15H,9H2,1-4H3. The van der Waals surface area contributed by atoms with Crippen molar-refractivity contribution in [3.05, 3.63) is 29.8 Å². The predicted molar refractivity (Wildman–Crippen MR) is 66.6 cm³/mol. The van der Waals surface area contributed by atoms with Crippen LogP contribution < -0.4 is 4.74 Å². The molecule has 16 heavy (non-hydrogen) atoms. The van der Waals surface area contributed by atoms with Crippen molar-refractivity contribution in [1.29, 1.82) is 0 Å². The minimum absolute atomic E-state index is 0.286. The molecular formula is C14H22O2. The Bertz CT molecular complexity index is 303. The van der Waals surface area contributed by atoms with Crippen molar-refractivity contribution >= 4 is 0 Å². The molecule has 0 aliphatic carbocycles. The van der Waals surface area contributed by atoms with Gasteiger partial charge in [-0.1, -0.05) is 32.9 Å². The topological polar surface area (TPSA) is 29.5 Å². The highest BCUT2D eigenvalue weighted by Crippen LogP contribution is 2.27. The first-order chi connectivity index (χ1) is 7.54. The first-order valence-corrected chi connectivity index (χ1v) is 5.86. The highest BCUT2D eigenvalue weighted by atomic mass is 16.5. The zero-order chi connectivity index (χ0) is 12.1. The van der Waals surface area contributed by atoms with Gasteiger partial charge in [0.25, 0.3) is 0 Å². The summed E-state index contributed by atoms with van der Waals surface area (Å²) in [5, 5.41) is 10.2. The minimum atomic E-state index is -0.381. The van der Waals surface area contributed by atoms with Gasteiger partial charge in [0.05, 0.1) is 13.2 Å². The molecule has 0 aliphatic heterocycles. The summed E-state index contributed by atoms with van der Waals surface area (Å²) in [4.78, 5) is 0. The Hall–Kier alpha value is -1.02. The molecule has 1 aromatic rings. The normalized spacial score (nSPS) is 14.9. The van der Waals surface area contributed by atoms with E-state index in [0.717, 1.165) is 17.7 Å². The smallest absolute Gasteiger partial charge is 0.118 e. The summed E-state index contributed by atoms with van der Waals surface area (Å²) in [5.74, 6) is 1.73. The average Bonchev–Trinajstić information content (AvgIpc) is 2.27. The summed E-state index contributed by atoms with van der Waals surface area (Å²) in [6, 6.07) is 7.64. The molecule has 0 bridgehead atoms. The number of ether oxygens (including phenoxy) is 1. The number of rotatable bonds is 5. The molecule has 0 fully saturated rings. The van der Waals surface area contributed by atoms with E-state index >= 15 is 0 Å². The second-order valence-electron chi connectivity index (χ2n) is 4.82. The number of aliphatic hydroxyl groups is 1. The lowest BCUT2D eigenvalue weighted by molar-refractivity contribution is 0.105. The van der Waals surface area contributed by atoms with Gasteiger partial charge < -0.3 is 9.84 Å². The van der Waals surface area contributed by atoms with Gasteiger partial charge >= 0.3 is 0 Å². The summed E-state index contributed by atoms with van der Waals surface area (Å²) in [7, 11) is 1.65. The van der Waals surface area contributed by atoms with E-state index in [9.17, 15) is 5.11 Å². The van der Waals surface area contributed by atoms with E-state index in [1.54, 1.807) is 7.11 Å². The maximum atomic E-state index is 10.2. The minimum Gasteiger partial charge on any atom is -0.497 e. The summed E-state index contributed by atoms with van der Waals surface area (Å²) >= 11 is 0. The molecule has 1 rings (SSSR count). The summed E-state index contributed by atoms with van der Waals surface area (Å²) in [6.45, 7) is 6.45. The van der Waals surface area contributed by atoms with E-state index in [4.69, 9.17) is 4.74 Å². The lowest BCUT2D eigenvalue weighted by Crippen LogP contribution is -2.11. The van der Waals surface area contributed by atoms with E-state index in [0.29, 0.717) is 5.92 Å². The Morgan fingerprint density at radius 3 is 2.12 bits per heavy atom. The fourth-order valence-electron chi connectivity index (χ4n) is 2.00. The molecular weight excluding hydrogens is 200 g/mol. The second-order valence-corrected chi connectivity index (χ2v) is 4.82. The Morgan fingerprint density at radius 2 is 1.69 bits per heavy atom. The van der Waals surface area contributed by atoms with Crippen LogP contribution in [0.1, 0.15) is 38.9 Å². The van der Waals surface area contributed by atoms with Crippen LogP contribution >= 0.6 is 0 Å². The molecule has 0 aromatic heterocycles. The van der Waals surface area contributed by atoms with Crippen molar-refractivity contribution in [3.8, 4) is 5.75 Å². The monoisotopic (exact) mass is 222 g/mol. The third-order valence-electron chi connectivity index (χ3n) is 2.84. The average molecular weight is 222 g/mol. The molecule has 2 heteroatoms. The third-order valence-corrected chi connectivity index (χ3v) is 2.84. The molecule has 0 spiro atoms. The summed E-state index contributed by atoms with van der Waals surface area (Å²) in [6.07, 6.45) is 0.654. The van der Waals surface area contributed by atoms with Crippen LogP contribution in [0.4, 0.5) is 0 Å². The molecule has 2 atom stereocenters. The van der Waals surface area contributed by atoms with E-state index in [2.05, 4.69) is 20.8 Å². The highest BCUT2D eigenvalue weighted by molar-refractivity contribution is 5.28. The van der Waals surface area contributed by atoms with Gasteiger partial charge in [-0.3, -0.25) is 0 Å². The first kappa shape index (κ1) is 13.0. The lowest BCUT2D eigenvalue weighted by Gasteiger charge is -2.21. The predicted octanol–water partition coefficient (Wildman–Crippen LogP) is 3.41. The van der Waals surface area contributed by atoms with Crippen molar-refractivity contribution in [1.82, 2.24) is 0 Å². The van der Waals surface area contributed by atoms with Crippen LogP contribution in [0.15, 0.2) is 24.3 Å². The molecule has 0 aliphatic rings. The van der Waals surface area contributed by atoms with Gasteiger partial charge in [0.2, 0.25) is 0 Å². The number of aliphatic hydroxyl groups excluding tert-OH is 1. The van der Waals surface area contributed by atoms with Gasteiger partial charge in [0.15, 0.2) is 0 Å². The Labute approximate surface area is 98.3 Å². The molecule has 1 N–H and O–H groups in total. The van der Waals surface area contributed by atoms with Gasteiger partial charge in [-0.05, 0) is 36.0 Å². The van der Waals surface area contributed by atoms with Crippen molar-refractivity contribution in [2.24, 2.45) is 11.8 Å². The van der Waals surface area contributed by atoms with Crippen molar-refractivity contribution in [2.45, 2.75) is 33.3 Å². The van der Waals surface area contributed by atoms with Gasteiger partial charge in [0, 0.05) is 0 Å². The molecule has 0 heterocycles. The Kier molecular flexibility index (Phi) is 4.81. The molecule has 2 unspecified atom stereocenters. The van der Waals surface area contributed by atoms with Gasteiger partial charge in [-0.15, -0.1) is 0 Å². The van der Waals surface area contributed by atoms with Crippen LogP contribution in [0.5, 0.6) is 5.75 Å². The first-order valence-electron chi connectivity index (χ1n) is 5.86. The van der Waals surface area contributed by atoms with Crippen molar-refractivity contribution in [3.63, 3.8) is 0 Å². The Morgan fingerprint density at radius 1 is 1.12 bits per heavy atom. The number of hydrogen-bond donors (Lipinski definition) is 1. The number of hydrogen-bond acceptors (Lipinski definition) is 2. The van der Waals surface area contributed by atoms with Crippen LogP contribution in [-0.2, 0) is 0 Å². The maximum absolute atomic E-state index is 10.2. The fraction of sp³-hybridized carbons (Fsp3) is 0.571. The molecule has 0 saturated heterocycles. The van der Waals surface area contributed by atoms with Crippen molar-refractivity contribution < 1.29 is 9.84 Å². The van der Waals surface area contributed by atoms with E-state index < -0.39 is 0 Å². The van der Waals surface area contributed by atoms with Crippen LogP contribution in [0.3, 0.4) is 0 Å². The van der Waals surface area contributed by atoms with Crippen molar-refractivity contribution in [2.75, 3.05) is 7.11 Å². The molecule has 2 nitrogen and oxygen atoms in total. The van der Waals surface area contributed by atoms with E-state index in [1.807, 2.05) is 24.3 Å². The maximum Gasteiger partial charge on any atom is 0.118 e. The fourth-order valence-corrected chi connectivity index (χ4v) is 2.00. The quantitative estimate of drug-likeness (QED) is 0.827. The zero-order valence-electron chi connectivity index (χ0n) is 10.6. The van der Waals surface area contributed by atoms with E-state index in [1.165, 1.54) is 0 Å². The molecule has 0 saturated carbocycles. The van der Waals surface area contributed by atoms with Crippen LogP contribution in [0.25, 0.3) is 0 Å². The SMILES string of the molecule is COc1ccc(C(O)C(C)CC(C)C)cc1. The van der Waals surface area contributed by atoms with Gasteiger partial charge in [-0.25, -0.2) is 0 Å². The molecule has 0 radical (unpaired) electrons. The summed E-state index contributed by atoms with van der Waals surface area (Å²) < 4.78 is 5.09. The molecule has 0 amide bonds. The summed E-state index contributed by atoms with van der Waals surface area (Å²) in [5.41, 5.74) is 0.967.